The van der Waals surface area contributed by atoms with Gasteiger partial charge in [-0.05, 0) is 31.3 Å². The average Bonchev–Trinajstić information content (AvgIpc) is 2.75. The maximum absolute atomic E-state index is 12.2. The Morgan fingerprint density at radius 3 is 2.82 bits per heavy atom. The van der Waals surface area contributed by atoms with Crippen molar-refractivity contribution in [3.8, 4) is 0 Å². The lowest BCUT2D eigenvalue weighted by molar-refractivity contribution is -0.135. The Kier molecular flexibility index (Phi) is 3.73. The molecule has 1 atom stereocenters. The summed E-state index contributed by atoms with van der Waals surface area (Å²) in [6, 6.07) is 0.619. The minimum Gasteiger partial charge on any atom is -0.340 e. The highest BCUT2D eigenvalue weighted by Crippen LogP contribution is 2.24. The van der Waals surface area contributed by atoms with Crippen LogP contribution in [0.1, 0.15) is 33.1 Å². The van der Waals surface area contributed by atoms with Gasteiger partial charge in [0.2, 0.25) is 5.91 Å². The molecule has 4 nitrogen and oxygen atoms in total. The van der Waals surface area contributed by atoms with Crippen molar-refractivity contribution in [3.05, 3.63) is 0 Å². The van der Waals surface area contributed by atoms with Gasteiger partial charge in [-0.15, -0.1) is 0 Å². The lowest BCUT2D eigenvalue weighted by Crippen LogP contribution is -2.52. The molecule has 0 aromatic carbocycles. The van der Waals surface area contributed by atoms with Gasteiger partial charge >= 0.3 is 0 Å². The van der Waals surface area contributed by atoms with E-state index in [-0.39, 0.29) is 11.3 Å². The number of rotatable bonds is 3. The first kappa shape index (κ1) is 12.8. The minimum atomic E-state index is -0.0656. The first-order valence-corrected chi connectivity index (χ1v) is 6.74. The van der Waals surface area contributed by atoms with Gasteiger partial charge in [-0.25, -0.2) is 0 Å². The zero-order valence-electron chi connectivity index (χ0n) is 11.1. The summed E-state index contributed by atoms with van der Waals surface area (Å²) in [6.07, 6.45) is 3.13. The Morgan fingerprint density at radius 2 is 2.12 bits per heavy atom. The Balaban J connectivity index is 1.88. The van der Waals surface area contributed by atoms with E-state index in [2.05, 4.69) is 18.7 Å². The lowest BCUT2D eigenvalue weighted by Gasteiger charge is -2.38. The van der Waals surface area contributed by atoms with Crippen LogP contribution in [-0.4, -0.2) is 54.5 Å². The van der Waals surface area contributed by atoms with Crippen molar-refractivity contribution < 1.29 is 4.79 Å². The number of carbonyl (C=O) groups excluding carboxylic acids is 1. The van der Waals surface area contributed by atoms with E-state index in [1.54, 1.807) is 0 Å². The van der Waals surface area contributed by atoms with Gasteiger partial charge in [0, 0.05) is 32.1 Å². The zero-order chi connectivity index (χ0) is 12.5. The molecule has 2 aliphatic rings. The summed E-state index contributed by atoms with van der Waals surface area (Å²) in [5.41, 5.74) is 5.63. The second-order valence-corrected chi connectivity index (χ2v) is 6.22. The largest absolute Gasteiger partial charge is 0.340 e. The second kappa shape index (κ2) is 4.94. The Labute approximate surface area is 104 Å². The summed E-state index contributed by atoms with van der Waals surface area (Å²) in [5.74, 6) is 0.284. The maximum atomic E-state index is 12.2. The summed E-state index contributed by atoms with van der Waals surface area (Å²) in [7, 11) is 0. The van der Waals surface area contributed by atoms with Crippen molar-refractivity contribution in [1.29, 1.82) is 0 Å². The normalized spacial score (nSPS) is 26.1. The van der Waals surface area contributed by atoms with Crippen LogP contribution < -0.4 is 5.73 Å². The van der Waals surface area contributed by atoms with Crippen LogP contribution in [0.15, 0.2) is 0 Å². The number of piperazine rings is 1. The quantitative estimate of drug-likeness (QED) is 0.787. The molecule has 0 saturated carbocycles. The molecular weight excluding hydrogens is 214 g/mol. The first-order valence-electron chi connectivity index (χ1n) is 6.74. The number of fused-ring (bicyclic) bond motifs is 1. The summed E-state index contributed by atoms with van der Waals surface area (Å²) < 4.78 is 0. The molecule has 2 rings (SSSR count). The van der Waals surface area contributed by atoms with Gasteiger partial charge in [-0.1, -0.05) is 13.8 Å². The molecule has 4 heteroatoms. The van der Waals surface area contributed by atoms with Gasteiger partial charge in [0.15, 0.2) is 0 Å². The highest BCUT2D eigenvalue weighted by molar-refractivity contribution is 5.77. The topological polar surface area (TPSA) is 49.6 Å². The molecular formula is C13H25N3O. The predicted octanol–water partition coefficient (Wildman–Crippen LogP) is 0.668. The summed E-state index contributed by atoms with van der Waals surface area (Å²) in [4.78, 5) is 16.8. The SMILES string of the molecule is CC(C)(CN)CC(=O)N1CCN2CCCC2C1. The predicted molar refractivity (Wildman–Crippen MR) is 68.6 cm³/mol. The highest BCUT2D eigenvalue weighted by atomic mass is 16.2. The smallest absolute Gasteiger partial charge is 0.223 e. The zero-order valence-corrected chi connectivity index (χ0v) is 11.1. The van der Waals surface area contributed by atoms with Crippen molar-refractivity contribution in [2.24, 2.45) is 11.1 Å². The van der Waals surface area contributed by atoms with Gasteiger partial charge in [-0.3, -0.25) is 9.69 Å². The summed E-state index contributed by atoms with van der Waals surface area (Å²) in [5, 5.41) is 0. The number of carbonyl (C=O) groups is 1. The molecule has 0 radical (unpaired) electrons. The Morgan fingerprint density at radius 1 is 1.35 bits per heavy atom. The molecule has 17 heavy (non-hydrogen) atoms. The average molecular weight is 239 g/mol. The van der Waals surface area contributed by atoms with Crippen LogP contribution in [-0.2, 0) is 4.79 Å². The molecule has 2 heterocycles. The molecule has 0 aromatic rings. The van der Waals surface area contributed by atoms with Gasteiger partial charge in [0.25, 0.3) is 0 Å². The van der Waals surface area contributed by atoms with Crippen LogP contribution in [0.25, 0.3) is 0 Å². The molecule has 0 aliphatic carbocycles. The standard InChI is InChI=1S/C13H25N3O/c1-13(2,10-14)8-12(17)16-7-6-15-5-3-4-11(15)9-16/h11H,3-10,14H2,1-2H3. The molecule has 0 bridgehead atoms. The van der Waals surface area contributed by atoms with E-state index in [1.165, 1.54) is 19.4 Å². The number of nitrogens with zero attached hydrogens (tertiary/aromatic N) is 2. The van der Waals surface area contributed by atoms with Gasteiger partial charge in [0.1, 0.15) is 0 Å². The van der Waals surface area contributed by atoms with Crippen LogP contribution in [0, 0.1) is 5.41 Å². The van der Waals surface area contributed by atoms with E-state index in [4.69, 9.17) is 5.73 Å². The van der Waals surface area contributed by atoms with E-state index in [9.17, 15) is 4.79 Å². The second-order valence-electron chi connectivity index (χ2n) is 6.22. The van der Waals surface area contributed by atoms with Crippen molar-refractivity contribution in [2.45, 2.75) is 39.2 Å². The summed E-state index contributed by atoms with van der Waals surface area (Å²) >= 11 is 0. The third-order valence-electron chi connectivity index (χ3n) is 4.12. The van der Waals surface area contributed by atoms with E-state index < -0.39 is 0 Å². The maximum Gasteiger partial charge on any atom is 0.223 e. The van der Waals surface area contributed by atoms with E-state index >= 15 is 0 Å². The third kappa shape index (κ3) is 2.99. The van der Waals surface area contributed by atoms with Crippen LogP contribution in [0.4, 0.5) is 0 Å². The molecule has 2 aliphatic heterocycles. The Hall–Kier alpha value is -0.610. The van der Waals surface area contributed by atoms with Crippen LogP contribution >= 0.6 is 0 Å². The molecule has 98 valence electrons. The number of amides is 1. The van der Waals surface area contributed by atoms with Crippen LogP contribution in [0.5, 0.6) is 0 Å². The molecule has 1 amide bonds. The van der Waals surface area contributed by atoms with Gasteiger partial charge in [0.05, 0.1) is 0 Å². The molecule has 0 aromatic heterocycles. The number of hydrogen-bond acceptors (Lipinski definition) is 3. The van der Waals surface area contributed by atoms with Crippen molar-refractivity contribution in [2.75, 3.05) is 32.7 Å². The van der Waals surface area contributed by atoms with Crippen molar-refractivity contribution >= 4 is 5.91 Å². The van der Waals surface area contributed by atoms with Crippen molar-refractivity contribution in [3.63, 3.8) is 0 Å². The van der Waals surface area contributed by atoms with Gasteiger partial charge in [-0.2, -0.15) is 0 Å². The summed E-state index contributed by atoms with van der Waals surface area (Å²) in [6.45, 7) is 8.81. The van der Waals surface area contributed by atoms with Crippen molar-refractivity contribution in [1.82, 2.24) is 9.80 Å². The monoisotopic (exact) mass is 239 g/mol. The molecule has 2 fully saturated rings. The van der Waals surface area contributed by atoms with E-state index in [1.807, 2.05) is 4.90 Å². The fourth-order valence-electron chi connectivity index (χ4n) is 2.81. The van der Waals surface area contributed by atoms with Crippen LogP contribution in [0.3, 0.4) is 0 Å². The number of hydrogen-bond donors (Lipinski definition) is 1. The van der Waals surface area contributed by atoms with Gasteiger partial charge < -0.3 is 10.6 Å². The number of nitrogens with two attached hydrogens (primary N) is 1. The highest BCUT2D eigenvalue weighted by Gasteiger charge is 2.33. The first-order chi connectivity index (χ1) is 8.02. The lowest BCUT2D eigenvalue weighted by atomic mass is 9.89. The van der Waals surface area contributed by atoms with E-state index in [0.717, 1.165) is 19.6 Å². The molecule has 0 spiro atoms. The fraction of sp³-hybridized carbons (Fsp3) is 0.923. The molecule has 2 saturated heterocycles. The fourth-order valence-corrected chi connectivity index (χ4v) is 2.81. The third-order valence-corrected chi connectivity index (χ3v) is 4.12. The van der Waals surface area contributed by atoms with E-state index in [0.29, 0.717) is 19.0 Å². The van der Waals surface area contributed by atoms with Crippen LogP contribution in [0.2, 0.25) is 0 Å². The molecule has 1 unspecified atom stereocenters. The minimum absolute atomic E-state index is 0.0656. The Bertz CT molecular complexity index is 290. The molecule has 2 N–H and O–H groups in total.